The molecule has 2 aromatic rings. The van der Waals surface area contributed by atoms with Crippen molar-refractivity contribution in [2.75, 3.05) is 19.9 Å². The number of hydrogen-bond donors (Lipinski definition) is 0. The Morgan fingerprint density at radius 1 is 1.17 bits per heavy atom. The number of benzene rings is 2. The molecule has 0 heterocycles. The average Bonchev–Trinajstić information content (AvgIpc) is 2.62. The highest BCUT2D eigenvalue weighted by molar-refractivity contribution is 7.99. The maximum Gasteiger partial charge on any atom is 0.223 e. The first kappa shape index (κ1) is 18.3. The van der Waals surface area contributed by atoms with E-state index in [4.69, 9.17) is 4.74 Å². The van der Waals surface area contributed by atoms with Crippen LogP contribution in [0.2, 0.25) is 0 Å². The molecule has 0 fully saturated rings. The average molecular weight is 347 g/mol. The van der Waals surface area contributed by atoms with Gasteiger partial charge in [0.1, 0.15) is 11.6 Å². The molecule has 0 aliphatic rings. The van der Waals surface area contributed by atoms with E-state index in [1.54, 1.807) is 35.9 Å². The summed E-state index contributed by atoms with van der Waals surface area (Å²) in [5.41, 5.74) is 1.07. The first-order valence-electron chi connectivity index (χ1n) is 7.79. The lowest BCUT2D eigenvalue weighted by molar-refractivity contribution is -0.131. The van der Waals surface area contributed by atoms with Crippen molar-refractivity contribution in [2.24, 2.45) is 0 Å². The number of rotatable bonds is 7. The van der Waals surface area contributed by atoms with Gasteiger partial charge in [0, 0.05) is 24.1 Å². The van der Waals surface area contributed by atoms with Gasteiger partial charge in [0.25, 0.3) is 0 Å². The summed E-state index contributed by atoms with van der Waals surface area (Å²) >= 11 is 1.56. The molecule has 0 aliphatic heterocycles. The van der Waals surface area contributed by atoms with Gasteiger partial charge in [-0.3, -0.25) is 4.79 Å². The zero-order chi connectivity index (χ0) is 17.5. The SMILES string of the molecule is COc1ccc(C(C)N(C)C(=O)CCSc2ccc(F)cc2)cc1. The Labute approximate surface area is 146 Å². The fourth-order valence-corrected chi connectivity index (χ4v) is 3.13. The maximum atomic E-state index is 12.9. The smallest absolute Gasteiger partial charge is 0.223 e. The van der Waals surface area contributed by atoms with Crippen molar-refractivity contribution in [3.63, 3.8) is 0 Å². The van der Waals surface area contributed by atoms with Crippen LogP contribution in [0.1, 0.15) is 24.9 Å². The van der Waals surface area contributed by atoms with Crippen molar-refractivity contribution in [2.45, 2.75) is 24.3 Å². The van der Waals surface area contributed by atoms with E-state index in [0.29, 0.717) is 12.2 Å². The summed E-state index contributed by atoms with van der Waals surface area (Å²) < 4.78 is 18.0. The molecule has 0 aliphatic carbocycles. The number of hydrogen-bond acceptors (Lipinski definition) is 3. The lowest BCUT2D eigenvalue weighted by Gasteiger charge is -2.25. The van der Waals surface area contributed by atoms with Crippen molar-refractivity contribution >= 4 is 17.7 Å². The molecule has 0 aromatic heterocycles. The highest BCUT2D eigenvalue weighted by atomic mass is 32.2. The molecular weight excluding hydrogens is 325 g/mol. The van der Waals surface area contributed by atoms with Gasteiger partial charge in [-0.1, -0.05) is 12.1 Å². The van der Waals surface area contributed by atoms with E-state index in [-0.39, 0.29) is 17.8 Å². The van der Waals surface area contributed by atoms with Crippen molar-refractivity contribution in [1.29, 1.82) is 0 Å². The van der Waals surface area contributed by atoms with Crippen molar-refractivity contribution in [3.8, 4) is 5.75 Å². The quantitative estimate of drug-likeness (QED) is 0.689. The molecule has 24 heavy (non-hydrogen) atoms. The van der Waals surface area contributed by atoms with Crippen LogP contribution < -0.4 is 4.74 Å². The summed E-state index contributed by atoms with van der Waals surface area (Å²) in [4.78, 5) is 15.1. The predicted molar refractivity (Wildman–Crippen MR) is 95.9 cm³/mol. The van der Waals surface area contributed by atoms with E-state index in [9.17, 15) is 9.18 Å². The largest absolute Gasteiger partial charge is 0.497 e. The van der Waals surface area contributed by atoms with Gasteiger partial charge in [0.05, 0.1) is 13.2 Å². The summed E-state index contributed by atoms with van der Waals surface area (Å²) in [5.74, 6) is 1.32. The van der Waals surface area contributed by atoms with Crippen LogP contribution in [0.25, 0.3) is 0 Å². The molecule has 2 aromatic carbocycles. The van der Waals surface area contributed by atoms with Gasteiger partial charge in [-0.15, -0.1) is 11.8 Å². The molecule has 128 valence electrons. The lowest BCUT2D eigenvalue weighted by Crippen LogP contribution is -2.29. The Morgan fingerprint density at radius 2 is 1.79 bits per heavy atom. The van der Waals surface area contributed by atoms with Crippen LogP contribution in [0, 0.1) is 5.82 Å². The Morgan fingerprint density at radius 3 is 2.38 bits per heavy atom. The number of carbonyl (C=O) groups is 1. The molecule has 0 radical (unpaired) electrons. The van der Waals surface area contributed by atoms with E-state index in [1.807, 2.05) is 38.2 Å². The van der Waals surface area contributed by atoms with E-state index >= 15 is 0 Å². The molecular formula is C19H22FNO2S. The van der Waals surface area contributed by atoms with Gasteiger partial charge in [-0.2, -0.15) is 0 Å². The second-order valence-corrected chi connectivity index (χ2v) is 6.67. The second kappa shape index (κ2) is 8.73. The number of amides is 1. The highest BCUT2D eigenvalue weighted by Gasteiger charge is 2.17. The summed E-state index contributed by atoms with van der Waals surface area (Å²) in [6.07, 6.45) is 0.443. The van der Waals surface area contributed by atoms with Gasteiger partial charge >= 0.3 is 0 Å². The Bertz CT molecular complexity index is 658. The van der Waals surface area contributed by atoms with E-state index in [0.717, 1.165) is 16.2 Å². The van der Waals surface area contributed by atoms with Crippen molar-refractivity contribution < 1.29 is 13.9 Å². The molecule has 0 spiro atoms. The Balaban J connectivity index is 1.85. The summed E-state index contributed by atoms with van der Waals surface area (Å²) in [6, 6.07) is 14.1. The monoisotopic (exact) mass is 347 g/mol. The predicted octanol–water partition coefficient (Wildman–Crippen LogP) is 4.54. The fraction of sp³-hybridized carbons (Fsp3) is 0.316. The minimum Gasteiger partial charge on any atom is -0.497 e. The van der Waals surface area contributed by atoms with Crippen molar-refractivity contribution in [3.05, 3.63) is 59.9 Å². The van der Waals surface area contributed by atoms with E-state index in [2.05, 4.69) is 0 Å². The number of ether oxygens (including phenoxy) is 1. The van der Waals surface area contributed by atoms with E-state index in [1.165, 1.54) is 12.1 Å². The summed E-state index contributed by atoms with van der Waals surface area (Å²) in [5, 5.41) is 0. The molecule has 5 heteroatoms. The molecule has 0 saturated carbocycles. The van der Waals surface area contributed by atoms with Gasteiger partial charge in [-0.25, -0.2) is 4.39 Å². The molecule has 0 saturated heterocycles. The van der Waals surface area contributed by atoms with Gasteiger partial charge < -0.3 is 9.64 Å². The topological polar surface area (TPSA) is 29.5 Å². The Kier molecular flexibility index (Phi) is 6.67. The van der Waals surface area contributed by atoms with Crippen LogP contribution in [0.4, 0.5) is 4.39 Å². The summed E-state index contributed by atoms with van der Waals surface area (Å²) in [6.45, 7) is 2.01. The van der Waals surface area contributed by atoms with Gasteiger partial charge in [-0.05, 0) is 48.9 Å². The number of thioether (sulfide) groups is 1. The third kappa shape index (κ3) is 4.99. The number of nitrogens with zero attached hydrogens (tertiary/aromatic N) is 1. The van der Waals surface area contributed by atoms with Crippen LogP contribution in [0.3, 0.4) is 0 Å². The fourth-order valence-electron chi connectivity index (χ4n) is 2.29. The lowest BCUT2D eigenvalue weighted by atomic mass is 10.1. The second-order valence-electron chi connectivity index (χ2n) is 5.51. The zero-order valence-electron chi connectivity index (χ0n) is 14.2. The van der Waals surface area contributed by atoms with Crippen LogP contribution in [0.5, 0.6) is 5.75 Å². The van der Waals surface area contributed by atoms with E-state index < -0.39 is 0 Å². The molecule has 0 bridgehead atoms. The third-order valence-electron chi connectivity index (χ3n) is 3.97. The van der Waals surface area contributed by atoms with Crippen LogP contribution in [-0.4, -0.2) is 30.7 Å². The first-order valence-corrected chi connectivity index (χ1v) is 8.78. The minimum absolute atomic E-state index is 0.000715. The van der Waals surface area contributed by atoms with Crippen LogP contribution in [0.15, 0.2) is 53.4 Å². The zero-order valence-corrected chi connectivity index (χ0v) is 15.0. The molecule has 1 amide bonds. The standard InChI is InChI=1S/C19H22FNO2S/c1-14(15-4-8-17(23-3)9-5-15)21(2)19(22)12-13-24-18-10-6-16(20)7-11-18/h4-11,14H,12-13H2,1-3H3. The third-order valence-corrected chi connectivity index (χ3v) is 4.98. The Hall–Kier alpha value is -2.01. The minimum atomic E-state index is -0.247. The number of carbonyl (C=O) groups excluding carboxylic acids is 1. The maximum absolute atomic E-state index is 12.9. The molecule has 2 rings (SSSR count). The summed E-state index contributed by atoms with van der Waals surface area (Å²) in [7, 11) is 3.45. The molecule has 3 nitrogen and oxygen atoms in total. The molecule has 1 unspecified atom stereocenters. The van der Waals surface area contributed by atoms with Gasteiger partial charge in [0.2, 0.25) is 5.91 Å². The van der Waals surface area contributed by atoms with Gasteiger partial charge in [0.15, 0.2) is 0 Å². The van der Waals surface area contributed by atoms with Crippen LogP contribution in [-0.2, 0) is 4.79 Å². The number of halogens is 1. The molecule has 0 N–H and O–H groups in total. The normalized spacial score (nSPS) is 11.8. The van der Waals surface area contributed by atoms with Crippen molar-refractivity contribution in [1.82, 2.24) is 4.90 Å². The number of methoxy groups -OCH3 is 1. The highest BCUT2D eigenvalue weighted by Crippen LogP contribution is 2.23. The van der Waals surface area contributed by atoms with Crippen LogP contribution >= 0.6 is 11.8 Å². The molecule has 1 atom stereocenters. The first-order chi connectivity index (χ1) is 11.5.